The van der Waals surface area contributed by atoms with E-state index in [-0.39, 0.29) is 16.6 Å². The molecule has 0 saturated carbocycles. The lowest BCUT2D eigenvalue weighted by atomic mass is 9.72. The Morgan fingerprint density at radius 1 is 0.958 bits per heavy atom. The van der Waals surface area contributed by atoms with Gasteiger partial charge in [-0.1, -0.05) is 52.8 Å². The molecular weight excluding hydrogens is 298 g/mol. The van der Waals surface area contributed by atoms with Crippen molar-refractivity contribution in [2.24, 2.45) is 5.41 Å². The number of fused-ring (bicyclic) bond motifs is 1. The Bertz CT molecular complexity index is 747. The first-order valence-corrected chi connectivity index (χ1v) is 8.42. The van der Waals surface area contributed by atoms with Gasteiger partial charge in [-0.25, -0.2) is 0 Å². The van der Waals surface area contributed by atoms with Gasteiger partial charge in [0.1, 0.15) is 11.4 Å². The minimum absolute atomic E-state index is 0.0212. The van der Waals surface area contributed by atoms with Crippen LogP contribution in [0.15, 0.2) is 42.5 Å². The summed E-state index contributed by atoms with van der Waals surface area (Å²) in [7, 11) is 0. The summed E-state index contributed by atoms with van der Waals surface area (Å²) in [6.45, 7) is 11.3. The molecule has 3 rings (SSSR count). The Morgan fingerprint density at radius 2 is 1.67 bits per heavy atom. The van der Waals surface area contributed by atoms with Crippen LogP contribution in [0.5, 0.6) is 5.75 Å². The van der Waals surface area contributed by atoms with Crippen molar-refractivity contribution in [2.45, 2.75) is 46.5 Å². The van der Waals surface area contributed by atoms with Crippen molar-refractivity contribution in [1.82, 2.24) is 5.53 Å². The molecule has 0 unspecified atom stereocenters. The van der Waals surface area contributed by atoms with E-state index in [0.717, 1.165) is 23.5 Å². The molecule has 0 fully saturated rings. The molecule has 2 aromatic carbocycles. The number of aromatic hydroxyl groups is 1. The van der Waals surface area contributed by atoms with Crippen molar-refractivity contribution in [3.8, 4) is 5.75 Å². The zero-order valence-corrected chi connectivity index (χ0v) is 15.1. The Hall–Kier alpha value is -2.20. The number of anilines is 3. The van der Waals surface area contributed by atoms with Gasteiger partial charge in [-0.3, -0.25) is 5.01 Å². The number of rotatable bonds is 3. The van der Waals surface area contributed by atoms with E-state index in [1.807, 2.05) is 35.3 Å². The van der Waals surface area contributed by atoms with Crippen molar-refractivity contribution in [1.29, 1.82) is 0 Å². The summed E-state index contributed by atoms with van der Waals surface area (Å²) in [4.78, 5) is 0. The van der Waals surface area contributed by atoms with Crippen LogP contribution in [0.2, 0.25) is 0 Å². The molecule has 0 radical (unpaired) electrons. The zero-order chi connectivity index (χ0) is 17.5. The van der Waals surface area contributed by atoms with Gasteiger partial charge in [0, 0.05) is 0 Å². The highest BCUT2D eigenvalue weighted by atomic mass is 16.3. The number of hydrogen-bond acceptors (Lipinski definition) is 4. The second-order valence-electron chi connectivity index (χ2n) is 8.41. The summed E-state index contributed by atoms with van der Waals surface area (Å²) in [5.74, 6) is 0.260. The fourth-order valence-electron chi connectivity index (χ4n) is 3.69. The second kappa shape index (κ2) is 5.71. The van der Waals surface area contributed by atoms with E-state index in [9.17, 15) is 5.11 Å². The third-order valence-corrected chi connectivity index (χ3v) is 4.42. The Kier molecular flexibility index (Phi) is 3.96. The standard InChI is InChI=1S/C20H27N3O/c1-19(2,3)13-20(4,5)14-10-11-18(24)17(12-14)23-16-9-7-6-8-15(16)21-22-23/h6-12,21-22,24H,13H2,1-5H3. The third-order valence-electron chi connectivity index (χ3n) is 4.42. The van der Waals surface area contributed by atoms with Gasteiger partial charge in [0.15, 0.2) is 0 Å². The van der Waals surface area contributed by atoms with E-state index in [1.54, 1.807) is 6.07 Å². The molecule has 0 atom stereocenters. The van der Waals surface area contributed by atoms with Gasteiger partial charge in [-0.15, -0.1) is 5.53 Å². The molecule has 1 aliphatic rings. The van der Waals surface area contributed by atoms with Crippen LogP contribution in [-0.2, 0) is 5.41 Å². The molecule has 0 spiro atoms. The summed E-state index contributed by atoms with van der Waals surface area (Å²) < 4.78 is 0. The number of phenols is 1. The van der Waals surface area contributed by atoms with E-state index in [4.69, 9.17) is 0 Å². The van der Waals surface area contributed by atoms with Crippen LogP contribution in [0, 0.1) is 5.41 Å². The summed E-state index contributed by atoms with van der Waals surface area (Å²) in [6.07, 6.45) is 1.06. The molecular formula is C20H27N3O. The number of benzene rings is 2. The van der Waals surface area contributed by atoms with Gasteiger partial charge in [-0.05, 0) is 47.1 Å². The van der Waals surface area contributed by atoms with E-state index < -0.39 is 0 Å². The second-order valence-corrected chi connectivity index (χ2v) is 8.41. The number of hydrogen-bond donors (Lipinski definition) is 3. The molecule has 2 aromatic rings. The normalized spacial score (nSPS) is 14.5. The highest BCUT2D eigenvalue weighted by Crippen LogP contribution is 2.42. The van der Waals surface area contributed by atoms with Gasteiger partial charge >= 0.3 is 0 Å². The average molecular weight is 325 g/mol. The number of hydrazine groups is 2. The minimum atomic E-state index is 0.0212. The summed E-state index contributed by atoms with van der Waals surface area (Å²) in [5.41, 5.74) is 10.5. The van der Waals surface area contributed by atoms with Crippen molar-refractivity contribution < 1.29 is 5.11 Å². The topological polar surface area (TPSA) is 47.5 Å². The molecule has 0 aromatic heterocycles. The molecule has 0 amide bonds. The third kappa shape index (κ3) is 3.20. The number of para-hydroxylation sites is 2. The van der Waals surface area contributed by atoms with Crippen LogP contribution in [-0.4, -0.2) is 5.11 Å². The molecule has 3 N–H and O–H groups in total. The first-order chi connectivity index (χ1) is 11.2. The lowest BCUT2D eigenvalue weighted by Crippen LogP contribution is -2.32. The van der Waals surface area contributed by atoms with Crippen LogP contribution in [0.25, 0.3) is 0 Å². The molecule has 128 valence electrons. The lowest BCUT2D eigenvalue weighted by Gasteiger charge is -2.33. The first kappa shape index (κ1) is 16.7. The Labute approximate surface area is 144 Å². The van der Waals surface area contributed by atoms with Gasteiger partial charge in [0.25, 0.3) is 0 Å². The number of phenolic OH excluding ortho intramolecular Hbond substituents is 1. The quantitative estimate of drug-likeness (QED) is 0.735. The van der Waals surface area contributed by atoms with Gasteiger partial charge < -0.3 is 10.5 Å². The smallest absolute Gasteiger partial charge is 0.140 e. The molecule has 1 aliphatic heterocycles. The maximum Gasteiger partial charge on any atom is 0.140 e. The number of nitrogens with zero attached hydrogens (tertiary/aromatic N) is 1. The maximum atomic E-state index is 10.4. The summed E-state index contributed by atoms with van der Waals surface area (Å²) in [6, 6.07) is 13.9. The Balaban J connectivity index is 1.99. The molecule has 24 heavy (non-hydrogen) atoms. The van der Waals surface area contributed by atoms with Gasteiger partial charge in [-0.2, -0.15) is 0 Å². The average Bonchev–Trinajstić information content (AvgIpc) is 2.89. The monoisotopic (exact) mass is 325 g/mol. The fourth-order valence-corrected chi connectivity index (χ4v) is 3.69. The van der Waals surface area contributed by atoms with E-state index >= 15 is 0 Å². The highest BCUT2D eigenvalue weighted by Gasteiger charge is 2.29. The predicted octanol–water partition coefficient (Wildman–Crippen LogP) is 5.09. The first-order valence-electron chi connectivity index (χ1n) is 8.42. The van der Waals surface area contributed by atoms with Crippen molar-refractivity contribution in [3.05, 3.63) is 48.0 Å². The van der Waals surface area contributed by atoms with Crippen LogP contribution in [0.4, 0.5) is 17.1 Å². The zero-order valence-electron chi connectivity index (χ0n) is 15.1. The van der Waals surface area contributed by atoms with Crippen molar-refractivity contribution >= 4 is 17.1 Å². The van der Waals surface area contributed by atoms with E-state index in [1.165, 1.54) is 5.56 Å². The van der Waals surface area contributed by atoms with E-state index in [0.29, 0.717) is 0 Å². The predicted molar refractivity (Wildman–Crippen MR) is 101 cm³/mol. The van der Waals surface area contributed by atoms with E-state index in [2.05, 4.69) is 51.6 Å². The van der Waals surface area contributed by atoms with Gasteiger partial charge in [0.05, 0.1) is 11.4 Å². The van der Waals surface area contributed by atoms with Crippen LogP contribution >= 0.6 is 0 Å². The summed E-state index contributed by atoms with van der Waals surface area (Å²) in [5, 5.41) is 12.3. The Morgan fingerprint density at radius 3 is 2.38 bits per heavy atom. The fraction of sp³-hybridized carbons (Fsp3) is 0.400. The van der Waals surface area contributed by atoms with Crippen LogP contribution in [0.3, 0.4) is 0 Å². The molecule has 4 nitrogen and oxygen atoms in total. The van der Waals surface area contributed by atoms with Crippen LogP contribution in [0.1, 0.15) is 46.6 Å². The SMILES string of the molecule is CC(C)(C)CC(C)(C)c1ccc(O)c(N2NNc3ccccc32)c1. The molecule has 0 saturated heterocycles. The minimum Gasteiger partial charge on any atom is -0.506 e. The summed E-state index contributed by atoms with van der Waals surface area (Å²) >= 11 is 0. The largest absolute Gasteiger partial charge is 0.506 e. The highest BCUT2D eigenvalue weighted by molar-refractivity contribution is 5.81. The van der Waals surface area contributed by atoms with Crippen molar-refractivity contribution in [3.63, 3.8) is 0 Å². The molecule has 0 bridgehead atoms. The van der Waals surface area contributed by atoms with Gasteiger partial charge in [0.2, 0.25) is 0 Å². The van der Waals surface area contributed by atoms with Crippen molar-refractivity contribution in [2.75, 3.05) is 10.4 Å². The lowest BCUT2D eigenvalue weighted by molar-refractivity contribution is 0.284. The molecule has 4 heteroatoms. The van der Waals surface area contributed by atoms with Crippen LogP contribution < -0.4 is 16.0 Å². The number of nitrogens with one attached hydrogen (secondary N) is 2. The maximum absolute atomic E-state index is 10.4. The molecule has 1 heterocycles. The molecule has 0 aliphatic carbocycles.